The van der Waals surface area contributed by atoms with Crippen LogP contribution in [0, 0.1) is 0 Å². The minimum atomic E-state index is -3.96. The fourth-order valence-electron chi connectivity index (χ4n) is 3.64. The molecule has 1 N–H and O–H groups in total. The zero-order chi connectivity index (χ0) is 20.4. The molecule has 4 rings (SSSR count). The third-order valence-electron chi connectivity index (χ3n) is 5.00. The Hall–Kier alpha value is -2.35. The van der Waals surface area contributed by atoms with Crippen molar-refractivity contribution in [3.05, 3.63) is 71.4 Å². The van der Waals surface area contributed by atoms with Gasteiger partial charge in [0, 0.05) is 23.6 Å². The smallest absolute Gasteiger partial charge is 0.264 e. The van der Waals surface area contributed by atoms with Crippen molar-refractivity contribution in [1.29, 1.82) is 0 Å². The van der Waals surface area contributed by atoms with E-state index in [0.29, 0.717) is 13.0 Å². The van der Waals surface area contributed by atoms with E-state index in [0.717, 1.165) is 27.7 Å². The van der Waals surface area contributed by atoms with Gasteiger partial charge < -0.3 is 4.90 Å². The highest BCUT2D eigenvalue weighted by molar-refractivity contribution is 8.03. The van der Waals surface area contributed by atoms with Crippen LogP contribution in [-0.4, -0.2) is 25.3 Å². The number of anilines is 1. The van der Waals surface area contributed by atoms with Gasteiger partial charge in [0.25, 0.3) is 10.1 Å². The molecule has 150 valence electrons. The molecular formula is C22H23N2O3S2+. The number of hydrogen-bond acceptors (Lipinski definition) is 4. The summed E-state index contributed by atoms with van der Waals surface area (Å²) in [6, 6.07) is 18.6. The summed E-state index contributed by atoms with van der Waals surface area (Å²) in [5.74, 6) is -0.242. The highest BCUT2D eigenvalue weighted by Crippen LogP contribution is 2.46. The minimum absolute atomic E-state index is 0.242. The molecule has 0 radical (unpaired) electrons. The number of rotatable bonds is 6. The molecule has 2 heterocycles. The summed E-state index contributed by atoms with van der Waals surface area (Å²) in [6.45, 7) is 3.56. The summed E-state index contributed by atoms with van der Waals surface area (Å²) in [5.41, 5.74) is 3.38. The molecule has 0 aliphatic carbocycles. The number of aryl methyl sites for hydroxylation is 1. The van der Waals surface area contributed by atoms with Gasteiger partial charge in [-0.05, 0) is 43.2 Å². The normalized spacial score (nSPS) is 15.2. The van der Waals surface area contributed by atoms with Gasteiger partial charge >= 0.3 is 0 Å². The molecule has 1 aromatic heterocycles. The Morgan fingerprint density at radius 3 is 2.66 bits per heavy atom. The van der Waals surface area contributed by atoms with E-state index < -0.39 is 10.1 Å². The first kappa shape index (κ1) is 19.9. The monoisotopic (exact) mass is 427 g/mol. The van der Waals surface area contributed by atoms with Crippen molar-refractivity contribution < 1.29 is 17.5 Å². The lowest BCUT2D eigenvalue weighted by Gasteiger charge is -2.20. The second kappa shape index (κ2) is 8.18. The third-order valence-corrected chi connectivity index (χ3v) is 6.92. The van der Waals surface area contributed by atoms with E-state index in [2.05, 4.69) is 52.9 Å². The predicted molar refractivity (Wildman–Crippen MR) is 118 cm³/mol. The first-order valence-electron chi connectivity index (χ1n) is 9.59. The van der Waals surface area contributed by atoms with Crippen LogP contribution in [0.3, 0.4) is 0 Å². The maximum atomic E-state index is 11.1. The van der Waals surface area contributed by atoms with Crippen molar-refractivity contribution in [3.8, 4) is 0 Å². The van der Waals surface area contributed by atoms with Crippen LogP contribution in [0.15, 0.2) is 70.7 Å². The summed E-state index contributed by atoms with van der Waals surface area (Å²) >= 11 is 1.68. The summed E-state index contributed by atoms with van der Waals surface area (Å²) in [4.78, 5) is 3.29. The molecule has 3 aromatic rings. The highest BCUT2D eigenvalue weighted by Gasteiger charge is 2.25. The van der Waals surface area contributed by atoms with E-state index in [9.17, 15) is 8.42 Å². The van der Waals surface area contributed by atoms with Gasteiger partial charge in [0.1, 0.15) is 6.54 Å². The lowest BCUT2D eigenvalue weighted by molar-refractivity contribution is -0.667. The van der Waals surface area contributed by atoms with Crippen molar-refractivity contribution in [1.82, 2.24) is 0 Å². The molecule has 0 spiro atoms. The van der Waals surface area contributed by atoms with Crippen LogP contribution >= 0.6 is 11.8 Å². The molecule has 7 heteroatoms. The Kier molecular flexibility index (Phi) is 5.63. The van der Waals surface area contributed by atoms with Crippen molar-refractivity contribution in [2.45, 2.75) is 24.8 Å². The highest BCUT2D eigenvalue weighted by atomic mass is 32.2. The molecule has 1 aliphatic heterocycles. The molecule has 2 aromatic carbocycles. The van der Waals surface area contributed by atoms with Gasteiger partial charge in [-0.15, -0.1) is 0 Å². The molecule has 0 saturated carbocycles. The molecule has 29 heavy (non-hydrogen) atoms. The number of aromatic nitrogens is 1. The van der Waals surface area contributed by atoms with E-state index >= 15 is 0 Å². The standard InChI is InChI=1S/C22H22N2O3S2/c1-2-23-14-12-17(18-8-3-4-9-19(18)23)16-22-24(13-7-15-29(25,26)27)20-10-5-6-11-21(20)28-22/h3-6,8-12,14,16H,2,7,13,15H2,1H3/p+1. The number of thioether (sulfide) groups is 1. The lowest BCUT2D eigenvalue weighted by atomic mass is 10.1. The fraction of sp³-hybridized carbons (Fsp3) is 0.227. The Bertz CT molecular complexity index is 1190. The molecule has 0 saturated heterocycles. The molecule has 1 aliphatic rings. The van der Waals surface area contributed by atoms with Gasteiger partial charge in [0.15, 0.2) is 6.20 Å². The Balaban J connectivity index is 1.73. The molecule has 5 nitrogen and oxygen atoms in total. The first-order chi connectivity index (χ1) is 14.0. The van der Waals surface area contributed by atoms with Gasteiger partial charge in [-0.1, -0.05) is 36.0 Å². The van der Waals surface area contributed by atoms with Crippen LogP contribution in [0.1, 0.15) is 18.9 Å². The second-order valence-corrected chi connectivity index (χ2v) is 9.55. The van der Waals surface area contributed by atoms with Crippen LogP contribution in [0.25, 0.3) is 17.0 Å². The zero-order valence-electron chi connectivity index (χ0n) is 16.2. The zero-order valence-corrected chi connectivity index (χ0v) is 17.8. The van der Waals surface area contributed by atoms with Crippen LogP contribution in [-0.2, 0) is 16.7 Å². The molecule has 0 bridgehead atoms. The minimum Gasteiger partial charge on any atom is -0.335 e. The van der Waals surface area contributed by atoms with Crippen LogP contribution in [0.5, 0.6) is 0 Å². The maximum absolute atomic E-state index is 11.1. The number of nitrogens with zero attached hydrogens (tertiary/aromatic N) is 2. The quantitative estimate of drug-likeness (QED) is 0.468. The number of benzene rings is 2. The first-order valence-corrected chi connectivity index (χ1v) is 12.0. The van der Waals surface area contributed by atoms with Gasteiger partial charge in [0.05, 0.1) is 21.9 Å². The molecule has 0 atom stereocenters. The molecular weight excluding hydrogens is 404 g/mol. The van der Waals surface area contributed by atoms with Crippen LogP contribution in [0.2, 0.25) is 0 Å². The summed E-state index contributed by atoms with van der Waals surface area (Å²) in [7, 11) is -3.96. The van der Waals surface area contributed by atoms with Crippen LogP contribution < -0.4 is 9.47 Å². The van der Waals surface area contributed by atoms with Crippen molar-refractivity contribution in [2.24, 2.45) is 0 Å². The van der Waals surface area contributed by atoms with Crippen LogP contribution in [0.4, 0.5) is 5.69 Å². The van der Waals surface area contributed by atoms with Crippen molar-refractivity contribution in [3.63, 3.8) is 0 Å². The van der Waals surface area contributed by atoms with E-state index in [-0.39, 0.29) is 5.75 Å². The average Bonchev–Trinajstić information content (AvgIpc) is 3.05. The molecule has 0 unspecified atom stereocenters. The SMILES string of the molecule is CC[n+]1ccc(C=C2Sc3ccccc3N2CCCS(=O)(=O)O)c2ccccc21. The average molecular weight is 428 g/mol. The Morgan fingerprint density at radius 2 is 1.86 bits per heavy atom. The van der Waals surface area contributed by atoms with Crippen molar-refractivity contribution in [2.75, 3.05) is 17.2 Å². The van der Waals surface area contributed by atoms with E-state index in [4.69, 9.17) is 4.55 Å². The van der Waals surface area contributed by atoms with Crippen molar-refractivity contribution >= 4 is 44.5 Å². The van der Waals surface area contributed by atoms with E-state index in [1.54, 1.807) is 11.8 Å². The predicted octanol–water partition coefficient (Wildman–Crippen LogP) is 4.34. The second-order valence-electron chi connectivity index (χ2n) is 6.92. The Morgan fingerprint density at radius 1 is 1.10 bits per heavy atom. The topological polar surface area (TPSA) is 61.5 Å². The van der Waals surface area contributed by atoms with E-state index in [1.807, 2.05) is 30.3 Å². The third kappa shape index (κ3) is 4.32. The molecule has 0 fully saturated rings. The number of para-hydroxylation sites is 2. The number of fused-ring (bicyclic) bond motifs is 2. The summed E-state index contributed by atoms with van der Waals surface area (Å²) in [6.07, 6.45) is 4.63. The fourth-order valence-corrected chi connectivity index (χ4v) is 5.27. The van der Waals surface area contributed by atoms with Gasteiger partial charge in [-0.2, -0.15) is 13.0 Å². The Labute approximate surface area is 175 Å². The lowest BCUT2D eigenvalue weighted by Crippen LogP contribution is -2.32. The van der Waals surface area contributed by atoms with Gasteiger partial charge in [-0.3, -0.25) is 4.55 Å². The summed E-state index contributed by atoms with van der Waals surface area (Å²) < 4.78 is 33.6. The van der Waals surface area contributed by atoms with Gasteiger partial charge in [-0.25, -0.2) is 0 Å². The van der Waals surface area contributed by atoms with E-state index in [1.165, 1.54) is 10.9 Å². The molecule has 0 amide bonds. The van der Waals surface area contributed by atoms with Gasteiger partial charge in [0.2, 0.25) is 5.52 Å². The number of pyridine rings is 1. The maximum Gasteiger partial charge on any atom is 0.264 e. The summed E-state index contributed by atoms with van der Waals surface area (Å²) in [5, 5.41) is 2.24. The number of hydrogen-bond donors (Lipinski definition) is 1. The largest absolute Gasteiger partial charge is 0.335 e.